The van der Waals surface area contributed by atoms with Crippen molar-refractivity contribution < 1.29 is 29.3 Å². The highest BCUT2D eigenvalue weighted by Gasteiger charge is 2.74. The van der Waals surface area contributed by atoms with Crippen LogP contribution >= 0.6 is 0 Å². The van der Waals surface area contributed by atoms with Crippen LogP contribution in [0.4, 0.5) is 0 Å². The van der Waals surface area contributed by atoms with Gasteiger partial charge in [0.25, 0.3) is 0 Å². The Morgan fingerprint density at radius 2 is 1.54 bits per heavy atom. The van der Waals surface area contributed by atoms with Crippen LogP contribution in [0.1, 0.15) is 118 Å². The van der Waals surface area contributed by atoms with Gasteiger partial charge in [-0.2, -0.15) is 0 Å². The maximum absolute atomic E-state index is 13.2. The number of aliphatic hydroxyl groups excluding tert-OH is 1. The number of ether oxygens (including phenoxy) is 2. The van der Waals surface area contributed by atoms with Crippen molar-refractivity contribution in [2.45, 2.75) is 130 Å². The van der Waals surface area contributed by atoms with E-state index in [2.05, 4.69) is 34.6 Å². The molecule has 11 atom stereocenters. The molecule has 6 nitrogen and oxygen atoms in total. The van der Waals surface area contributed by atoms with E-state index in [9.17, 15) is 19.8 Å². The molecular weight excluding hydrogens is 516 g/mol. The van der Waals surface area contributed by atoms with Crippen LogP contribution in [0, 0.1) is 62.6 Å². The minimum atomic E-state index is -0.687. The van der Waals surface area contributed by atoms with E-state index in [0.717, 1.165) is 77.0 Å². The van der Waals surface area contributed by atoms with E-state index in [1.807, 2.05) is 0 Å². The summed E-state index contributed by atoms with van der Waals surface area (Å²) in [5.41, 5.74) is -0.838. The highest BCUT2D eigenvalue weighted by molar-refractivity contribution is 5.76. The molecule has 6 aliphatic carbocycles. The van der Waals surface area contributed by atoms with Gasteiger partial charge in [-0.15, -0.1) is 0 Å². The zero-order valence-corrected chi connectivity index (χ0v) is 26.2. The number of carbonyl (C=O) groups excluding carboxylic acids is 1. The third-order valence-electron chi connectivity index (χ3n) is 15.9. The summed E-state index contributed by atoms with van der Waals surface area (Å²) >= 11 is 0. The van der Waals surface area contributed by atoms with Crippen LogP contribution in [0.5, 0.6) is 0 Å². The molecular formula is C35H54O6. The van der Waals surface area contributed by atoms with Crippen LogP contribution in [0.2, 0.25) is 0 Å². The van der Waals surface area contributed by atoms with Crippen LogP contribution in [0.15, 0.2) is 0 Å². The summed E-state index contributed by atoms with van der Waals surface area (Å²) < 4.78 is 12.1. The van der Waals surface area contributed by atoms with E-state index in [-0.39, 0.29) is 51.5 Å². The normalized spacial score (nSPS) is 53.6. The Kier molecular flexibility index (Phi) is 6.25. The van der Waals surface area contributed by atoms with E-state index < -0.39 is 17.0 Å². The predicted molar refractivity (Wildman–Crippen MR) is 155 cm³/mol. The zero-order chi connectivity index (χ0) is 29.2. The Hall–Kier alpha value is -1.14. The first-order valence-corrected chi connectivity index (χ1v) is 17.0. The van der Waals surface area contributed by atoms with Crippen LogP contribution < -0.4 is 0 Å². The summed E-state index contributed by atoms with van der Waals surface area (Å²) in [6, 6.07) is 0. The number of epoxide rings is 1. The number of rotatable bonds is 5. The number of hydrogen-bond donors (Lipinski definition) is 2. The van der Waals surface area contributed by atoms with Gasteiger partial charge in [-0.05, 0) is 128 Å². The van der Waals surface area contributed by atoms with Crippen LogP contribution in [0.25, 0.3) is 0 Å². The van der Waals surface area contributed by atoms with Crippen molar-refractivity contribution in [3.8, 4) is 0 Å². The average molecular weight is 571 g/mol. The van der Waals surface area contributed by atoms with Crippen molar-refractivity contribution in [1.82, 2.24) is 0 Å². The number of hydrogen-bond acceptors (Lipinski definition) is 5. The van der Waals surface area contributed by atoms with E-state index in [4.69, 9.17) is 9.47 Å². The second-order valence-electron chi connectivity index (χ2n) is 17.3. The fraction of sp³-hybridized carbons (Fsp3) is 0.943. The minimum Gasteiger partial charge on any atom is -0.481 e. The van der Waals surface area contributed by atoms with Crippen molar-refractivity contribution in [2.75, 3.05) is 13.2 Å². The monoisotopic (exact) mass is 570 g/mol. The molecule has 5 unspecified atom stereocenters. The van der Waals surface area contributed by atoms with Gasteiger partial charge in [0.2, 0.25) is 0 Å². The zero-order valence-electron chi connectivity index (χ0n) is 26.2. The molecule has 0 aromatic heterocycles. The van der Waals surface area contributed by atoms with E-state index in [0.29, 0.717) is 31.0 Å². The van der Waals surface area contributed by atoms with Gasteiger partial charge in [0, 0.05) is 0 Å². The third-order valence-corrected chi connectivity index (χ3v) is 15.9. The molecule has 41 heavy (non-hydrogen) atoms. The molecule has 0 aromatic carbocycles. The highest BCUT2D eigenvalue weighted by Crippen LogP contribution is 2.78. The Labute approximate surface area is 246 Å². The molecule has 7 fully saturated rings. The SMILES string of the molecule is CC1(C)C2CC[C@]3(C)C(CCC4C5[C@H](C6(COC(=O)C7CCC7)CO6)CC[C@]5(C(=O)O)CC[C@]43C)[C@@]2(C)CC[C@H]1O. The molecule has 0 radical (unpaired) electrons. The largest absolute Gasteiger partial charge is 0.481 e. The van der Waals surface area contributed by atoms with Gasteiger partial charge in [0.1, 0.15) is 12.2 Å². The van der Waals surface area contributed by atoms with Gasteiger partial charge < -0.3 is 19.7 Å². The second-order valence-corrected chi connectivity index (χ2v) is 17.3. The van der Waals surface area contributed by atoms with Crippen molar-refractivity contribution in [3.63, 3.8) is 0 Å². The fourth-order valence-corrected chi connectivity index (χ4v) is 13.0. The quantitative estimate of drug-likeness (QED) is 0.285. The number of aliphatic hydroxyl groups is 1. The first-order valence-electron chi connectivity index (χ1n) is 17.0. The topological polar surface area (TPSA) is 96.4 Å². The lowest BCUT2D eigenvalue weighted by atomic mass is 9.32. The molecule has 2 N–H and O–H groups in total. The summed E-state index contributed by atoms with van der Waals surface area (Å²) in [7, 11) is 0. The molecule has 230 valence electrons. The summed E-state index contributed by atoms with van der Waals surface area (Å²) in [6.07, 6.45) is 12.6. The van der Waals surface area contributed by atoms with Gasteiger partial charge >= 0.3 is 11.9 Å². The lowest BCUT2D eigenvalue weighted by molar-refractivity contribution is -0.250. The number of carboxylic acids is 1. The second kappa shape index (κ2) is 8.96. The number of esters is 1. The molecule has 0 spiro atoms. The third kappa shape index (κ3) is 3.61. The van der Waals surface area contributed by atoms with Gasteiger partial charge in [0.15, 0.2) is 0 Å². The molecule has 1 heterocycles. The van der Waals surface area contributed by atoms with Gasteiger partial charge in [-0.3, -0.25) is 9.59 Å². The van der Waals surface area contributed by atoms with Crippen LogP contribution in [-0.4, -0.2) is 47.1 Å². The maximum Gasteiger partial charge on any atom is 0.309 e. The summed E-state index contributed by atoms with van der Waals surface area (Å²) in [6.45, 7) is 13.1. The number of fused-ring (bicyclic) bond motifs is 7. The lowest BCUT2D eigenvalue weighted by Crippen LogP contribution is -2.67. The minimum absolute atomic E-state index is 0.0445. The Balaban J connectivity index is 1.21. The molecule has 6 heteroatoms. The molecule has 0 aromatic rings. The lowest BCUT2D eigenvalue weighted by Gasteiger charge is -2.72. The Morgan fingerprint density at radius 1 is 0.805 bits per heavy atom. The van der Waals surface area contributed by atoms with Crippen molar-refractivity contribution >= 4 is 11.9 Å². The smallest absolute Gasteiger partial charge is 0.309 e. The molecule has 0 amide bonds. The Morgan fingerprint density at radius 3 is 2.17 bits per heavy atom. The van der Waals surface area contributed by atoms with Crippen molar-refractivity contribution in [2.24, 2.45) is 62.6 Å². The maximum atomic E-state index is 13.2. The molecule has 6 saturated carbocycles. The highest BCUT2D eigenvalue weighted by atomic mass is 16.6. The summed E-state index contributed by atoms with van der Waals surface area (Å²) in [5.74, 6) is 1.00. The van der Waals surface area contributed by atoms with Gasteiger partial charge in [-0.1, -0.05) is 41.0 Å². The van der Waals surface area contributed by atoms with E-state index >= 15 is 0 Å². The van der Waals surface area contributed by atoms with Crippen molar-refractivity contribution in [3.05, 3.63) is 0 Å². The Bertz CT molecular complexity index is 1110. The number of carboxylic acid groups (broad SMARTS) is 1. The fourth-order valence-electron chi connectivity index (χ4n) is 13.0. The van der Waals surface area contributed by atoms with Crippen LogP contribution in [0.3, 0.4) is 0 Å². The molecule has 7 aliphatic rings. The average Bonchev–Trinajstić information content (AvgIpc) is 3.56. The molecule has 1 aliphatic heterocycles. The van der Waals surface area contributed by atoms with Gasteiger partial charge in [0.05, 0.1) is 24.0 Å². The molecule has 7 rings (SSSR count). The predicted octanol–water partition coefficient (Wildman–Crippen LogP) is 6.63. The van der Waals surface area contributed by atoms with E-state index in [1.165, 1.54) is 6.42 Å². The summed E-state index contributed by atoms with van der Waals surface area (Å²) in [4.78, 5) is 25.9. The van der Waals surface area contributed by atoms with Crippen LogP contribution in [-0.2, 0) is 19.1 Å². The molecule has 0 bridgehead atoms. The standard InChI is InChI=1S/C35H54O6/c1-30(2)24-12-15-33(5)25(31(24,3)14-13-26(30)36)10-9-22-27-23(11-16-34(27,29(38)39)18-17-32(22,33)4)35(20-41-35)19-40-28(37)21-7-6-8-21/h21-27,36H,6-20H2,1-5H3,(H,38,39)/t22?,23-,24?,25?,26-,27?,31+,32-,33-,34+,35?/m1/s1. The molecule has 1 saturated heterocycles. The first kappa shape index (κ1) is 28.6. The van der Waals surface area contributed by atoms with Gasteiger partial charge in [-0.25, -0.2) is 0 Å². The summed E-state index contributed by atoms with van der Waals surface area (Å²) in [5, 5.41) is 21.8. The number of aliphatic carboxylic acids is 1. The number of carbonyl (C=O) groups is 2. The first-order chi connectivity index (χ1) is 19.3. The van der Waals surface area contributed by atoms with Crippen molar-refractivity contribution in [1.29, 1.82) is 0 Å². The van der Waals surface area contributed by atoms with E-state index in [1.54, 1.807) is 0 Å².